The van der Waals surface area contributed by atoms with E-state index in [0.717, 1.165) is 37.2 Å². The topological polar surface area (TPSA) is 58.6 Å². The number of benzene rings is 2. The van der Waals surface area contributed by atoms with Crippen molar-refractivity contribution in [3.05, 3.63) is 65.7 Å². The van der Waals surface area contributed by atoms with Crippen molar-refractivity contribution < 1.29 is 14.3 Å². The SMILES string of the molecule is CCOc1ccc(/C=C/C(=O)Nc2cccc(C(=O)N3CCCC3)c2)cc1. The van der Waals surface area contributed by atoms with Crippen LogP contribution in [0.15, 0.2) is 54.6 Å². The average Bonchev–Trinajstić information content (AvgIpc) is 3.22. The first kappa shape index (κ1) is 18.7. The number of nitrogens with one attached hydrogen (secondary N) is 1. The summed E-state index contributed by atoms with van der Waals surface area (Å²) in [7, 11) is 0. The first-order valence-electron chi connectivity index (χ1n) is 9.27. The summed E-state index contributed by atoms with van der Waals surface area (Å²) >= 11 is 0. The Labute approximate surface area is 159 Å². The molecule has 3 rings (SSSR count). The van der Waals surface area contributed by atoms with Crippen LogP contribution >= 0.6 is 0 Å². The first-order chi connectivity index (χ1) is 13.2. The molecular formula is C22H24N2O3. The lowest BCUT2D eigenvalue weighted by Gasteiger charge is -2.15. The molecule has 140 valence electrons. The lowest BCUT2D eigenvalue weighted by atomic mass is 10.1. The standard InChI is InChI=1S/C22H24N2O3/c1-2-27-20-11-8-17(9-12-20)10-13-21(25)23-19-7-5-6-18(16-19)22(26)24-14-3-4-15-24/h5-13,16H,2-4,14-15H2,1H3,(H,23,25)/b13-10+. The van der Waals surface area contributed by atoms with Crippen molar-refractivity contribution in [1.82, 2.24) is 4.90 Å². The van der Waals surface area contributed by atoms with Crippen LogP contribution in [0.4, 0.5) is 5.69 Å². The minimum Gasteiger partial charge on any atom is -0.494 e. The quantitative estimate of drug-likeness (QED) is 0.789. The molecule has 1 aliphatic heterocycles. The maximum atomic E-state index is 12.5. The summed E-state index contributed by atoms with van der Waals surface area (Å²) in [4.78, 5) is 26.5. The highest BCUT2D eigenvalue weighted by Crippen LogP contribution is 2.17. The van der Waals surface area contributed by atoms with E-state index in [4.69, 9.17) is 4.74 Å². The molecule has 1 fully saturated rings. The van der Waals surface area contributed by atoms with Gasteiger partial charge in [0.2, 0.25) is 5.91 Å². The molecular weight excluding hydrogens is 340 g/mol. The number of likely N-dealkylation sites (tertiary alicyclic amines) is 1. The Morgan fingerprint density at radius 2 is 1.85 bits per heavy atom. The van der Waals surface area contributed by atoms with E-state index in [1.54, 1.807) is 30.3 Å². The third-order valence-corrected chi connectivity index (χ3v) is 4.39. The maximum Gasteiger partial charge on any atom is 0.253 e. The Balaban J connectivity index is 1.60. The lowest BCUT2D eigenvalue weighted by Crippen LogP contribution is -2.27. The first-order valence-corrected chi connectivity index (χ1v) is 9.27. The van der Waals surface area contributed by atoms with Gasteiger partial charge in [0.1, 0.15) is 5.75 Å². The molecule has 0 aliphatic carbocycles. The van der Waals surface area contributed by atoms with Crippen LogP contribution < -0.4 is 10.1 Å². The highest BCUT2D eigenvalue weighted by atomic mass is 16.5. The summed E-state index contributed by atoms with van der Waals surface area (Å²) in [6, 6.07) is 14.6. The van der Waals surface area contributed by atoms with E-state index in [-0.39, 0.29) is 11.8 Å². The number of hydrogen-bond donors (Lipinski definition) is 1. The Morgan fingerprint density at radius 3 is 2.56 bits per heavy atom. The molecule has 1 aliphatic rings. The number of rotatable bonds is 6. The zero-order chi connectivity index (χ0) is 19.1. The van der Waals surface area contributed by atoms with Gasteiger partial charge < -0.3 is 15.0 Å². The van der Waals surface area contributed by atoms with Crippen molar-refractivity contribution in [1.29, 1.82) is 0 Å². The van der Waals surface area contributed by atoms with E-state index in [2.05, 4.69) is 5.32 Å². The van der Waals surface area contributed by atoms with Gasteiger partial charge in [0, 0.05) is 30.4 Å². The summed E-state index contributed by atoms with van der Waals surface area (Å²) in [5.41, 5.74) is 2.12. The van der Waals surface area contributed by atoms with Gasteiger partial charge in [0.05, 0.1) is 6.61 Å². The highest BCUT2D eigenvalue weighted by Gasteiger charge is 2.19. The molecule has 1 saturated heterocycles. The second kappa shape index (κ2) is 9.03. The van der Waals surface area contributed by atoms with E-state index >= 15 is 0 Å². The molecule has 0 atom stereocenters. The van der Waals surface area contributed by atoms with E-state index in [1.807, 2.05) is 36.1 Å². The molecule has 0 radical (unpaired) electrons. The summed E-state index contributed by atoms with van der Waals surface area (Å²) in [5, 5.41) is 2.81. The normalized spacial score (nSPS) is 13.7. The Hall–Kier alpha value is -3.08. The number of hydrogen-bond acceptors (Lipinski definition) is 3. The van der Waals surface area contributed by atoms with Crippen molar-refractivity contribution in [3.8, 4) is 5.75 Å². The summed E-state index contributed by atoms with van der Waals surface area (Å²) in [6.45, 7) is 4.17. The monoisotopic (exact) mass is 364 g/mol. The van der Waals surface area contributed by atoms with Crippen molar-refractivity contribution in [2.45, 2.75) is 19.8 Å². The third-order valence-electron chi connectivity index (χ3n) is 4.39. The lowest BCUT2D eigenvalue weighted by molar-refractivity contribution is -0.111. The Morgan fingerprint density at radius 1 is 1.11 bits per heavy atom. The number of carbonyl (C=O) groups excluding carboxylic acids is 2. The van der Waals surface area contributed by atoms with Crippen LogP contribution in [0.3, 0.4) is 0 Å². The highest BCUT2D eigenvalue weighted by molar-refractivity contribution is 6.03. The van der Waals surface area contributed by atoms with E-state index < -0.39 is 0 Å². The van der Waals surface area contributed by atoms with Crippen LogP contribution in [0.2, 0.25) is 0 Å². The minimum atomic E-state index is -0.241. The van der Waals surface area contributed by atoms with E-state index in [1.165, 1.54) is 6.08 Å². The smallest absolute Gasteiger partial charge is 0.253 e. The molecule has 0 unspecified atom stereocenters. The molecule has 1 N–H and O–H groups in total. The van der Waals surface area contributed by atoms with Gasteiger partial charge in [0.15, 0.2) is 0 Å². The largest absolute Gasteiger partial charge is 0.494 e. The van der Waals surface area contributed by atoms with Crippen molar-refractivity contribution in [3.63, 3.8) is 0 Å². The fourth-order valence-electron chi connectivity index (χ4n) is 3.03. The van der Waals surface area contributed by atoms with Gasteiger partial charge >= 0.3 is 0 Å². The van der Waals surface area contributed by atoms with Gasteiger partial charge in [-0.1, -0.05) is 18.2 Å². The van der Waals surface area contributed by atoms with Crippen LogP contribution in [0.25, 0.3) is 6.08 Å². The van der Waals surface area contributed by atoms with Crippen molar-refractivity contribution in [2.75, 3.05) is 25.0 Å². The molecule has 0 bridgehead atoms. The predicted molar refractivity (Wildman–Crippen MR) is 107 cm³/mol. The van der Waals surface area contributed by atoms with Gasteiger partial charge in [-0.15, -0.1) is 0 Å². The number of amides is 2. The van der Waals surface area contributed by atoms with Crippen LogP contribution in [0.1, 0.15) is 35.7 Å². The molecule has 1 heterocycles. The second-order valence-electron chi connectivity index (χ2n) is 6.40. The zero-order valence-corrected chi connectivity index (χ0v) is 15.5. The Kier molecular flexibility index (Phi) is 6.26. The molecule has 2 aromatic rings. The van der Waals surface area contributed by atoms with Gasteiger partial charge in [-0.25, -0.2) is 0 Å². The van der Waals surface area contributed by atoms with Gasteiger partial charge in [0.25, 0.3) is 5.91 Å². The van der Waals surface area contributed by atoms with Crippen molar-refractivity contribution >= 4 is 23.6 Å². The maximum absolute atomic E-state index is 12.5. The average molecular weight is 364 g/mol. The van der Waals surface area contributed by atoms with Gasteiger partial charge in [-0.3, -0.25) is 9.59 Å². The van der Waals surface area contributed by atoms with Crippen LogP contribution in [0.5, 0.6) is 5.75 Å². The summed E-state index contributed by atoms with van der Waals surface area (Å²) < 4.78 is 5.40. The molecule has 5 heteroatoms. The summed E-state index contributed by atoms with van der Waals surface area (Å²) in [6.07, 6.45) is 5.33. The zero-order valence-electron chi connectivity index (χ0n) is 15.5. The molecule has 2 amide bonds. The fraction of sp³-hybridized carbons (Fsp3) is 0.273. The van der Waals surface area contributed by atoms with Crippen molar-refractivity contribution in [2.24, 2.45) is 0 Å². The molecule has 0 aromatic heterocycles. The predicted octanol–water partition coefficient (Wildman–Crippen LogP) is 3.97. The molecule has 0 spiro atoms. The van der Waals surface area contributed by atoms with E-state index in [0.29, 0.717) is 17.9 Å². The summed E-state index contributed by atoms with van der Waals surface area (Å²) in [5.74, 6) is 0.585. The molecule has 5 nitrogen and oxygen atoms in total. The number of nitrogens with zero attached hydrogens (tertiary/aromatic N) is 1. The van der Waals surface area contributed by atoms with Gasteiger partial charge in [-0.2, -0.15) is 0 Å². The van der Waals surface area contributed by atoms with Crippen LogP contribution in [-0.4, -0.2) is 36.4 Å². The molecule has 2 aromatic carbocycles. The number of ether oxygens (including phenoxy) is 1. The third kappa shape index (κ3) is 5.20. The second-order valence-corrected chi connectivity index (χ2v) is 6.40. The van der Waals surface area contributed by atoms with Gasteiger partial charge in [-0.05, 0) is 61.7 Å². The molecule has 27 heavy (non-hydrogen) atoms. The molecule has 0 saturated carbocycles. The van der Waals surface area contributed by atoms with Crippen LogP contribution in [0, 0.1) is 0 Å². The Bertz CT molecular complexity index is 822. The number of carbonyl (C=O) groups is 2. The van der Waals surface area contributed by atoms with E-state index in [9.17, 15) is 9.59 Å². The van der Waals surface area contributed by atoms with Crippen LogP contribution in [-0.2, 0) is 4.79 Å². The minimum absolute atomic E-state index is 0.0218. The fourth-order valence-corrected chi connectivity index (χ4v) is 3.03. The number of anilines is 1.